The summed E-state index contributed by atoms with van der Waals surface area (Å²) in [4.78, 5) is 1.24. The van der Waals surface area contributed by atoms with Crippen molar-refractivity contribution in [1.29, 1.82) is 0 Å². The maximum absolute atomic E-state index is 11.8. The van der Waals surface area contributed by atoms with Crippen molar-refractivity contribution in [3.05, 3.63) is 22.4 Å². The maximum atomic E-state index is 11.8. The summed E-state index contributed by atoms with van der Waals surface area (Å²) in [7, 11) is -2.90. The Morgan fingerprint density at radius 3 is 2.56 bits per heavy atom. The van der Waals surface area contributed by atoms with Gasteiger partial charge in [-0.15, -0.1) is 11.3 Å². The molecule has 1 aromatic rings. The van der Waals surface area contributed by atoms with Crippen LogP contribution in [-0.2, 0) is 9.84 Å². The van der Waals surface area contributed by atoms with Gasteiger partial charge in [0, 0.05) is 17.5 Å². The lowest BCUT2D eigenvalue weighted by Crippen LogP contribution is -2.26. The summed E-state index contributed by atoms with van der Waals surface area (Å²) in [5.74, 6) is 0.979. The average Bonchev–Trinajstić information content (AvgIpc) is 2.79. The minimum atomic E-state index is -2.90. The van der Waals surface area contributed by atoms with Crippen LogP contribution in [0.15, 0.2) is 17.5 Å². The van der Waals surface area contributed by atoms with Crippen molar-refractivity contribution in [2.75, 3.05) is 18.1 Å². The van der Waals surface area contributed by atoms with E-state index >= 15 is 0 Å². The van der Waals surface area contributed by atoms with Crippen molar-refractivity contribution >= 4 is 21.2 Å². The number of nitrogens with one attached hydrogen (secondary N) is 1. The van der Waals surface area contributed by atoms with Gasteiger partial charge in [0.25, 0.3) is 0 Å². The first-order valence-corrected chi connectivity index (χ1v) is 9.08. The third-order valence-corrected chi connectivity index (χ3v) is 5.58. The molecule has 0 aliphatic heterocycles. The molecule has 0 spiro atoms. The van der Waals surface area contributed by atoms with E-state index in [9.17, 15) is 8.42 Å². The minimum absolute atomic E-state index is 0.227. The van der Waals surface area contributed by atoms with Crippen LogP contribution in [0.3, 0.4) is 0 Å². The molecule has 0 bridgehead atoms. The summed E-state index contributed by atoms with van der Waals surface area (Å²) in [5.41, 5.74) is 0. The summed E-state index contributed by atoms with van der Waals surface area (Å²) >= 11 is 1.69. The highest BCUT2D eigenvalue weighted by Crippen LogP contribution is 2.17. The third-order valence-electron chi connectivity index (χ3n) is 2.84. The SMILES string of the molecule is CC(C)CCS(=O)(=O)CCNC(C)c1cccs1. The molecule has 18 heavy (non-hydrogen) atoms. The number of thiophene rings is 1. The molecule has 5 heteroatoms. The fraction of sp³-hybridized carbons (Fsp3) is 0.692. The molecule has 1 heterocycles. The van der Waals surface area contributed by atoms with Gasteiger partial charge in [-0.2, -0.15) is 0 Å². The molecule has 1 aromatic heterocycles. The van der Waals surface area contributed by atoms with Crippen LogP contribution in [0.4, 0.5) is 0 Å². The van der Waals surface area contributed by atoms with Crippen molar-refractivity contribution in [1.82, 2.24) is 5.32 Å². The van der Waals surface area contributed by atoms with Crippen molar-refractivity contribution in [3.8, 4) is 0 Å². The van der Waals surface area contributed by atoms with E-state index < -0.39 is 9.84 Å². The van der Waals surface area contributed by atoms with Crippen LogP contribution >= 0.6 is 11.3 Å². The third kappa shape index (κ3) is 5.98. The van der Waals surface area contributed by atoms with Crippen LogP contribution in [0.25, 0.3) is 0 Å². The Kier molecular flexibility index (Phi) is 6.32. The largest absolute Gasteiger partial charge is 0.308 e. The van der Waals surface area contributed by atoms with Gasteiger partial charge < -0.3 is 5.32 Å². The summed E-state index contributed by atoms with van der Waals surface area (Å²) < 4.78 is 23.5. The first kappa shape index (κ1) is 15.7. The zero-order chi connectivity index (χ0) is 13.6. The van der Waals surface area contributed by atoms with E-state index in [2.05, 4.69) is 18.3 Å². The second-order valence-electron chi connectivity index (χ2n) is 5.03. The van der Waals surface area contributed by atoms with Gasteiger partial charge in [-0.25, -0.2) is 8.42 Å². The van der Waals surface area contributed by atoms with Crippen molar-refractivity contribution in [2.45, 2.75) is 33.2 Å². The van der Waals surface area contributed by atoms with Gasteiger partial charge in [0.15, 0.2) is 9.84 Å². The second kappa shape index (κ2) is 7.26. The molecule has 1 rings (SSSR count). The molecule has 1 N–H and O–H groups in total. The number of rotatable bonds is 8. The molecule has 0 aromatic carbocycles. The molecule has 0 radical (unpaired) electrons. The van der Waals surface area contributed by atoms with Crippen LogP contribution < -0.4 is 5.32 Å². The highest BCUT2D eigenvalue weighted by atomic mass is 32.2. The van der Waals surface area contributed by atoms with E-state index in [-0.39, 0.29) is 11.8 Å². The van der Waals surface area contributed by atoms with Crippen LogP contribution in [0.5, 0.6) is 0 Å². The van der Waals surface area contributed by atoms with Gasteiger partial charge in [0.05, 0.1) is 11.5 Å². The Hall–Kier alpha value is -0.390. The Balaban J connectivity index is 2.28. The first-order chi connectivity index (χ1) is 8.41. The van der Waals surface area contributed by atoms with Gasteiger partial charge in [0.1, 0.15) is 0 Å². The fourth-order valence-corrected chi connectivity index (χ4v) is 3.81. The van der Waals surface area contributed by atoms with E-state index in [1.54, 1.807) is 11.3 Å². The molecule has 0 saturated heterocycles. The number of hydrogen-bond donors (Lipinski definition) is 1. The lowest BCUT2D eigenvalue weighted by molar-refractivity contribution is 0.561. The highest BCUT2D eigenvalue weighted by molar-refractivity contribution is 7.91. The quantitative estimate of drug-likeness (QED) is 0.800. The van der Waals surface area contributed by atoms with E-state index in [1.807, 2.05) is 25.3 Å². The molecule has 0 aliphatic rings. The first-order valence-electron chi connectivity index (χ1n) is 6.38. The second-order valence-corrected chi connectivity index (χ2v) is 8.31. The smallest absolute Gasteiger partial charge is 0.151 e. The van der Waals surface area contributed by atoms with Crippen LogP contribution in [-0.4, -0.2) is 26.5 Å². The lowest BCUT2D eigenvalue weighted by atomic mass is 10.2. The Labute approximate surface area is 115 Å². The molecule has 1 atom stereocenters. The minimum Gasteiger partial charge on any atom is -0.308 e. The van der Waals surface area contributed by atoms with E-state index in [1.165, 1.54) is 4.88 Å². The van der Waals surface area contributed by atoms with E-state index in [0.717, 1.165) is 6.42 Å². The van der Waals surface area contributed by atoms with Crippen molar-refractivity contribution in [3.63, 3.8) is 0 Å². The fourth-order valence-electron chi connectivity index (χ4n) is 1.59. The van der Waals surface area contributed by atoms with Crippen LogP contribution in [0.2, 0.25) is 0 Å². The molecule has 0 aliphatic carbocycles. The van der Waals surface area contributed by atoms with Crippen molar-refractivity contribution in [2.24, 2.45) is 5.92 Å². The molecule has 104 valence electrons. The molecular formula is C13H23NO2S2. The Morgan fingerprint density at radius 2 is 2.00 bits per heavy atom. The molecule has 0 saturated carbocycles. The zero-order valence-corrected chi connectivity index (χ0v) is 13.0. The lowest BCUT2D eigenvalue weighted by Gasteiger charge is -2.12. The molecule has 1 unspecified atom stereocenters. The van der Waals surface area contributed by atoms with Crippen LogP contribution in [0, 0.1) is 5.92 Å². The molecule has 3 nitrogen and oxygen atoms in total. The van der Waals surface area contributed by atoms with Gasteiger partial charge in [0.2, 0.25) is 0 Å². The molecule has 0 amide bonds. The topological polar surface area (TPSA) is 46.2 Å². The van der Waals surface area contributed by atoms with Crippen LogP contribution in [0.1, 0.15) is 38.1 Å². The molecule has 0 fully saturated rings. The number of sulfone groups is 1. The Bertz CT molecular complexity index is 424. The van der Waals surface area contributed by atoms with Gasteiger partial charge >= 0.3 is 0 Å². The zero-order valence-electron chi connectivity index (χ0n) is 11.3. The number of hydrogen-bond acceptors (Lipinski definition) is 4. The van der Waals surface area contributed by atoms with E-state index in [4.69, 9.17) is 0 Å². The predicted molar refractivity (Wildman–Crippen MR) is 78.8 cm³/mol. The highest BCUT2D eigenvalue weighted by Gasteiger charge is 2.12. The van der Waals surface area contributed by atoms with E-state index in [0.29, 0.717) is 18.2 Å². The van der Waals surface area contributed by atoms with Crippen molar-refractivity contribution < 1.29 is 8.42 Å². The normalized spacial score (nSPS) is 14.0. The molecular weight excluding hydrogens is 266 g/mol. The summed E-state index contributed by atoms with van der Waals surface area (Å²) in [6.07, 6.45) is 0.753. The predicted octanol–water partition coefficient (Wildman–Crippen LogP) is 2.86. The van der Waals surface area contributed by atoms with Gasteiger partial charge in [-0.05, 0) is 30.7 Å². The summed E-state index contributed by atoms with van der Waals surface area (Å²) in [6.45, 7) is 6.69. The monoisotopic (exact) mass is 289 g/mol. The van der Waals surface area contributed by atoms with Gasteiger partial charge in [-0.3, -0.25) is 0 Å². The maximum Gasteiger partial charge on any atom is 0.151 e. The summed E-state index contributed by atoms with van der Waals surface area (Å²) in [5, 5.41) is 5.29. The Morgan fingerprint density at radius 1 is 1.28 bits per heavy atom. The van der Waals surface area contributed by atoms with Gasteiger partial charge in [-0.1, -0.05) is 19.9 Å². The summed E-state index contributed by atoms with van der Waals surface area (Å²) in [6, 6.07) is 4.30. The average molecular weight is 289 g/mol. The standard InChI is InChI=1S/C13H23NO2S2/c1-11(2)6-9-18(15,16)10-7-14-12(3)13-5-4-8-17-13/h4-5,8,11-12,14H,6-7,9-10H2,1-3H3.